The van der Waals surface area contributed by atoms with Crippen LogP contribution in [-0.4, -0.2) is 52.9 Å². The van der Waals surface area contributed by atoms with Gasteiger partial charge in [-0.05, 0) is 54.5 Å². The summed E-state index contributed by atoms with van der Waals surface area (Å²) in [6.07, 6.45) is 1.35. The van der Waals surface area contributed by atoms with E-state index in [1.807, 2.05) is 42.5 Å². The molecule has 7 heteroatoms. The van der Waals surface area contributed by atoms with Crippen LogP contribution in [0.4, 0.5) is 4.39 Å². The lowest BCUT2D eigenvalue weighted by atomic mass is 9.85. The molecule has 0 saturated carbocycles. The quantitative estimate of drug-likeness (QED) is 0.356. The summed E-state index contributed by atoms with van der Waals surface area (Å²) >= 11 is 0. The number of aromatic hydroxyl groups is 1. The molecule has 3 heterocycles. The number of fused-ring (bicyclic) bond motifs is 2. The fraction of sp³-hybridized carbons (Fsp3) is 0.276. The summed E-state index contributed by atoms with van der Waals surface area (Å²) in [6.45, 7) is 4.82. The van der Waals surface area contributed by atoms with Crippen LogP contribution >= 0.6 is 0 Å². The van der Waals surface area contributed by atoms with Crippen LogP contribution in [0.2, 0.25) is 0 Å². The molecule has 6 nitrogen and oxygen atoms in total. The number of ether oxygens (including phenoxy) is 2. The van der Waals surface area contributed by atoms with E-state index in [1.165, 1.54) is 0 Å². The molecule has 1 fully saturated rings. The van der Waals surface area contributed by atoms with Crippen LogP contribution in [0, 0.1) is 5.92 Å². The van der Waals surface area contributed by atoms with E-state index >= 15 is 0 Å². The fourth-order valence-corrected chi connectivity index (χ4v) is 5.19. The highest BCUT2D eigenvalue weighted by molar-refractivity contribution is 6.02. The summed E-state index contributed by atoms with van der Waals surface area (Å²) in [5.41, 5.74) is 6.74. The van der Waals surface area contributed by atoms with Crippen molar-refractivity contribution in [3.05, 3.63) is 83.7 Å². The molecule has 4 aromatic rings. The van der Waals surface area contributed by atoms with E-state index in [4.69, 9.17) is 9.47 Å². The molecule has 2 aliphatic rings. The molecular formula is C29H28FN3O3. The Morgan fingerprint density at radius 3 is 2.75 bits per heavy atom. The van der Waals surface area contributed by atoms with Gasteiger partial charge in [-0.1, -0.05) is 24.3 Å². The SMILES string of the molecule is CC1=C(c2cccc3[nH]cnc23)C(c2ccc(OCCN3CC(CF)C3)cc2)Oc2ccc(O)cc21. The van der Waals surface area contributed by atoms with Crippen molar-refractivity contribution >= 4 is 22.2 Å². The number of alkyl halides is 1. The Bertz CT molecular complexity index is 1420. The molecule has 3 aromatic carbocycles. The molecule has 0 spiro atoms. The van der Waals surface area contributed by atoms with Gasteiger partial charge in [0.05, 0.1) is 24.0 Å². The number of nitrogens with one attached hydrogen (secondary N) is 1. The van der Waals surface area contributed by atoms with Crippen LogP contribution in [0.1, 0.15) is 29.7 Å². The van der Waals surface area contributed by atoms with Gasteiger partial charge in [0.2, 0.25) is 0 Å². The van der Waals surface area contributed by atoms with E-state index < -0.39 is 0 Å². The van der Waals surface area contributed by atoms with Gasteiger partial charge >= 0.3 is 0 Å². The molecule has 0 aliphatic carbocycles. The molecular weight excluding hydrogens is 457 g/mol. The number of benzene rings is 3. The number of para-hydroxylation sites is 1. The molecule has 0 amide bonds. The third-order valence-electron chi connectivity index (χ3n) is 7.13. The first-order valence-electron chi connectivity index (χ1n) is 12.2. The second-order valence-electron chi connectivity index (χ2n) is 9.52. The number of halogens is 1. The molecule has 184 valence electrons. The van der Waals surface area contributed by atoms with Gasteiger partial charge in [0, 0.05) is 42.3 Å². The van der Waals surface area contributed by atoms with Gasteiger partial charge in [-0.3, -0.25) is 9.29 Å². The van der Waals surface area contributed by atoms with Crippen molar-refractivity contribution in [3.63, 3.8) is 0 Å². The van der Waals surface area contributed by atoms with Gasteiger partial charge in [-0.2, -0.15) is 0 Å². The summed E-state index contributed by atoms with van der Waals surface area (Å²) in [7, 11) is 0. The van der Waals surface area contributed by atoms with Crippen molar-refractivity contribution in [1.29, 1.82) is 0 Å². The Hall–Kier alpha value is -3.84. The average Bonchev–Trinajstić information content (AvgIpc) is 3.35. The number of phenolic OH excluding ortho intramolecular Hbond substituents is 1. The van der Waals surface area contributed by atoms with Crippen LogP contribution in [0.25, 0.3) is 22.2 Å². The number of hydrogen-bond acceptors (Lipinski definition) is 5. The fourth-order valence-electron chi connectivity index (χ4n) is 5.19. The first-order valence-corrected chi connectivity index (χ1v) is 12.2. The number of rotatable bonds is 7. The zero-order valence-corrected chi connectivity index (χ0v) is 20.1. The van der Waals surface area contributed by atoms with Crippen molar-refractivity contribution in [2.45, 2.75) is 13.0 Å². The number of allylic oxidation sites excluding steroid dienone is 1. The van der Waals surface area contributed by atoms with Gasteiger partial charge in [-0.25, -0.2) is 4.98 Å². The van der Waals surface area contributed by atoms with E-state index in [2.05, 4.69) is 27.9 Å². The van der Waals surface area contributed by atoms with Crippen molar-refractivity contribution in [2.24, 2.45) is 5.92 Å². The highest BCUT2D eigenvalue weighted by Crippen LogP contribution is 2.48. The van der Waals surface area contributed by atoms with E-state index in [0.717, 1.165) is 70.0 Å². The summed E-state index contributed by atoms with van der Waals surface area (Å²) in [6, 6.07) is 19.3. The molecule has 2 aliphatic heterocycles. The molecule has 36 heavy (non-hydrogen) atoms. The standard InChI is InChI=1S/C29H28FN3O3/c1-18-24-13-21(34)7-10-26(24)36-29(27(18)23-3-2-4-25-28(23)32-17-31-25)20-5-8-22(9-6-20)35-12-11-33-15-19(14-30)16-33/h2-10,13,17,19,29,34H,11-12,14-16H2,1H3,(H,31,32). The van der Waals surface area contributed by atoms with Gasteiger partial charge < -0.3 is 19.6 Å². The smallest absolute Gasteiger partial charge is 0.150 e. The average molecular weight is 486 g/mol. The maximum absolute atomic E-state index is 12.6. The van der Waals surface area contributed by atoms with E-state index in [0.29, 0.717) is 6.61 Å². The van der Waals surface area contributed by atoms with Crippen LogP contribution in [0.5, 0.6) is 17.2 Å². The lowest BCUT2D eigenvalue weighted by Crippen LogP contribution is -2.49. The molecule has 1 saturated heterocycles. The first kappa shape index (κ1) is 22.6. The molecule has 0 radical (unpaired) electrons. The number of aromatic amines is 1. The molecule has 1 unspecified atom stereocenters. The molecule has 1 atom stereocenters. The largest absolute Gasteiger partial charge is 0.508 e. The van der Waals surface area contributed by atoms with Gasteiger partial charge in [0.25, 0.3) is 0 Å². The van der Waals surface area contributed by atoms with E-state index in [9.17, 15) is 9.50 Å². The van der Waals surface area contributed by atoms with Gasteiger partial charge in [0.15, 0.2) is 0 Å². The molecule has 2 N–H and O–H groups in total. The lowest BCUT2D eigenvalue weighted by Gasteiger charge is -2.37. The first-order chi connectivity index (χ1) is 17.6. The van der Waals surface area contributed by atoms with Crippen LogP contribution in [0.3, 0.4) is 0 Å². The van der Waals surface area contributed by atoms with Crippen LogP contribution < -0.4 is 9.47 Å². The lowest BCUT2D eigenvalue weighted by molar-refractivity contribution is 0.0668. The summed E-state index contributed by atoms with van der Waals surface area (Å²) < 4.78 is 25.1. The maximum Gasteiger partial charge on any atom is 0.150 e. The molecule has 6 rings (SSSR count). The second kappa shape index (κ2) is 9.32. The summed E-state index contributed by atoms with van der Waals surface area (Å²) in [4.78, 5) is 9.97. The molecule has 1 aromatic heterocycles. The predicted octanol–water partition coefficient (Wildman–Crippen LogP) is 5.61. The van der Waals surface area contributed by atoms with Gasteiger partial charge in [-0.15, -0.1) is 0 Å². The molecule has 0 bridgehead atoms. The van der Waals surface area contributed by atoms with Crippen LogP contribution in [-0.2, 0) is 0 Å². The minimum absolute atomic E-state index is 0.187. The minimum atomic E-state index is -0.350. The van der Waals surface area contributed by atoms with Crippen molar-refractivity contribution in [3.8, 4) is 17.2 Å². The highest BCUT2D eigenvalue weighted by atomic mass is 19.1. The number of H-pyrrole nitrogens is 1. The van der Waals surface area contributed by atoms with Crippen molar-refractivity contribution in [1.82, 2.24) is 14.9 Å². The third-order valence-corrected chi connectivity index (χ3v) is 7.13. The topological polar surface area (TPSA) is 70.6 Å². The Labute approximate surface area is 209 Å². The number of phenols is 1. The summed E-state index contributed by atoms with van der Waals surface area (Å²) in [5.74, 6) is 1.91. The third kappa shape index (κ3) is 4.09. The zero-order chi connectivity index (χ0) is 24.6. The minimum Gasteiger partial charge on any atom is -0.508 e. The summed E-state index contributed by atoms with van der Waals surface area (Å²) in [5, 5.41) is 10.1. The van der Waals surface area contributed by atoms with Crippen molar-refractivity contribution in [2.75, 3.05) is 32.9 Å². The number of hydrogen-bond donors (Lipinski definition) is 2. The Morgan fingerprint density at radius 2 is 1.94 bits per heavy atom. The zero-order valence-electron chi connectivity index (χ0n) is 20.1. The number of aromatic nitrogens is 2. The predicted molar refractivity (Wildman–Crippen MR) is 138 cm³/mol. The van der Waals surface area contributed by atoms with E-state index in [1.54, 1.807) is 18.5 Å². The Balaban J connectivity index is 1.30. The van der Waals surface area contributed by atoms with E-state index in [-0.39, 0.29) is 24.4 Å². The van der Waals surface area contributed by atoms with Crippen molar-refractivity contribution < 1.29 is 19.0 Å². The monoisotopic (exact) mass is 485 g/mol. The Morgan fingerprint density at radius 1 is 1.11 bits per heavy atom. The second-order valence-corrected chi connectivity index (χ2v) is 9.52. The number of nitrogens with zero attached hydrogens (tertiary/aromatic N) is 2. The maximum atomic E-state index is 12.6. The van der Waals surface area contributed by atoms with Crippen LogP contribution in [0.15, 0.2) is 67.0 Å². The van der Waals surface area contributed by atoms with Gasteiger partial charge in [0.1, 0.15) is 30.0 Å². The normalized spacial score (nSPS) is 18.1. The number of imidazole rings is 1. The number of likely N-dealkylation sites (tertiary alicyclic amines) is 1. The highest BCUT2D eigenvalue weighted by Gasteiger charge is 2.31. The Kier molecular flexibility index (Phi) is 5.85.